The van der Waals surface area contributed by atoms with E-state index in [9.17, 15) is 14.3 Å². The first-order valence-corrected chi connectivity index (χ1v) is 12.3. The van der Waals surface area contributed by atoms with Crippen LogP contribution in [0.5, 0.6) is 0 Å². The molecule has 1 aliphatic carbocycles. The molecule has 5 nitrogen and oxygen atoms in total. The highest BCUT2D eigenvalue weighted by atomic mass is 32.1. The monoisotopic (exact) mass is 483 g/mol. The van der Waals surface area contributed by atoms with E-state index in [0.717, 1.165) is 43.7 Å². The first-order valence-electron chi connectivity index (χ1n) is 11.4. The zero-order chi connectivity index (χ0) is 24.0. The van der Waals surface area contributed by atoms with Crippen molar-refractivity contribution in [1.82, 2.24) is 9.97 Å². The van der Waals surface area contributed by atoms with Gasteiger partial charge in [-0.2, -0.15) is 0 Å². The van der Waals surface area contributed by atoms with Gasteiger partial charge < -0.3 is 15.4 Å². The summed E-state index contributed by atoms with van der Waals surface area (Å²) in [5, 5.41) is 14.7. The van der Waals surface area contributed by atoms with Crippen LogP contribution in [0.1, 0.15) is 12.8 Å². The maximum atomic E-state index is 13.3. The first kappa shape index (κ1) is 21.6. The quantitative estimate of drug-likeness (QED) is 0.232. The largest absolute Gasteiger partial charge is 0.481 e. The van der Waals surface area contributed by atoms with Gasteiger partial charge in [-0.1, -0.05) is 59.9 Å². The molecular formula is C28H22FN3O2S. The number of H-pyrrole nitrogens is 1. The maximum absolute atomic E-state index is 13.3. The number of aromatic amines is 1. The Balaban J connectivity index is 1.40. The van der Waals surface area contributed by atoms with Crippen molar-refractivity contribution in [1.29, 1.82) is 0 Å². The summed E-state index contributed by atoms with van der Waals surface area (Å²) in [7, 11) is 0. The number of fused-ring (bicyclic) bond motifs is 1. The van der Waals surface area contributed by atoms with E-state index in [1.54, 1.807) is 12.1 Å². The molecule has 0 saturated heterocycles. The van der Waals surface area contributed by atoms with Gasteiger partial charge >= 0.3 is 5.97 Å². The van der Waals surface area contributed by atoms with Crippen LogP contribution in [0.4, 0.5) is 9.52 Å². The molecule has 0 aliphatic heterocycles. The zero-order valence-corrected chi connectivity index (χ0v) is 19.5. The molecule has 1 saturated carbocycles. The minimum absolute atomic E-state index is 0.257. The van der Waals surface area contributed by atoms with Gasteiger partial charge in [0.1, 0.15) is 5.82 Å². The number of rotatable bonds is 7. The molecule has 1 fully saturated rings. The van der Waals surface area contributed by atoms with E-state index in [2.05, 4.69) is 22.4 Å². The van der Waals surface area contributed by atoms with Crippen molar-refractivity contribution >= 4 is 33.3 Å². The SMILES string of the molecule is O=C(O)C1(CNc2nc(-c3ccc(-c4ccc(F)cc4)cc3)c(-c3cccc4[nH]ccc34)s2)CC1. The number of hydrogen-bond acceptors (Lipinski definition) is 4. The van der Waals surface area contributed by atoms with Crippen molar-refractivity contribution in [3.63, 3.8) is 0 Å². The molecule has 35 heavy (non-hydrogen) atoms. The second-order valence-electron chi connectivity index (χ2n) is 8.96. The maximum Gasteiger partial charge on any atom is 0.311 e. The minimum atomic E-state index is -0.754. The number of carboxylic acid groups (broad SMARTS) is 1. The molecule has 0 atom stereocenters. The van der Waals surface area contributed by atoms with E-state index in [0.29, 0.717) is 24.5 Å². The first-order chi connectivity index (χ1) is 17.0. The Hall–Kier alpha value is -3.97. The summed E-state index contributed by atoms with van der Waals surface area (Å²) >= 11 is 1.54. The Bertz CT molecular complexity index is 1530. The molecular weight excluding hydrogens is 461 g/mol. The van der Waals surface area contributed by atoms with E-state index in [-0.39, 0.29) is 5.82 Å². The van der Waals surface area contributed by atoms with E-state index < -0.39 is 11.4 Å². The topological polar surface area (TPSA) is 78.0 Å². The van der Waals surface area contributed by atoms with Gasteiger partial charge in [-0.25, -0.2) is 9.37 Å². The van der Waals surface area contributed by atoms with Crippen LogP contribution in [0, 0.1) is 11.2 Å². The van der Waals surface area contributed by atoms with Crippen LogP contribution in [0.2, 0.25) is 0 Å². The van der Waals surface area contributed by atoms with Crippen LogP contribution in [0.3, 0.4) is 0 Å². The number of benzene rings is 3. The molecule has 0 amide bonds. The van der Waals surface area contributed by atoms with Crippen LogP contribution < -0.4 is 5.32 Å². The van der Waals surface area contributed by atoms with Crippen LogP contribution in [0.25, 0.3) is 43.7 Å². The molecule has 2 aromatic heterocycles. The summed E-state index contributed by atoms with van der Waals surface area (Å²) in [6.07, 6.45) is 3.30. The van der Waals surface area contributed by atoms with Crippen LogP contribution in [-0.2, 0) is 4.79 Å². The third-order valence-corrected chi connectivity index (χ3v) is 7.73. The van der Waals surface area contributed by atoms with Crippen LogP contribution in [-0.4, -0.2) is 27.6 Å². The third kappa shape index (κ3) is 3.98. The Morgan fingerprint density at radius 3 is 2.37 bits per heavy atom. The number of thiazole rings is 1. The molecule has 1 aliphatic rings. The fraction of sp³-hybridized carbons (Fsp3) is 0.143. The lowest BCUT2D eigenvalue weighted by Gasteiger charge is -2.09. The molecule has 174 valence electrons. The number of aromatic nitrogens is 2. The van der Waals surface area contributed by atoms with E-state index in [1.165, 1.54) is 23.5 Å². The Labute approximate surface area is 205 Å². The van der Waals surface area contributed by atoms with Crippen molar-refractivity contribution in [2.45, 2.75) is 12.8 Å². The molecule has 0 unspecified atom stereocenters. The van der Waals surface area contributed by atoms with Crippen molar-refractivity contribution in [2.24, 2.45) is 5.41 Å². The lowest BCUT2D eigenvalue weighted by molar-refractivity contribution is -0.142. The number of nitrogens with one attached hydrogen (secondary N) is 2. The second kappa shape index (κ2) is 8.36. The van der Waals surface area contributed by atoms with Crippen molar-refractivity contribution in [3.05, 3.63) is 84.8 Å². The zero-order valence-electron chi connectivity index (χ0n) is 18.7. The van der Waals surface area contributed by atoms with Crippen molar-refractivity contribution < 1.29 is 14.3 Å². The van der Waals surface area contributed by atoms with Gasteiger partial charge in [0.05, 0.1) is 16.0 Å². The van der Waals surface area contributed by atoms with E-state index >= 15 is 0 Å². The number of hydrogen-bond donors (Lipinski definition) is 3. The molecule has 3 aromatic carbocycles. The number of aliphatic carboxylic acids is 1. The number of carboxylic acids is 1. The predicted molar refractivity (Wildman–Crippen MR) is 138 cm³/mol. The average molecular weight is 484 g/mol. The highest BCUT2D eigenvalue weighted by Crippen LogP contribution is 2.47. The fourth-order valence-electron chi connectivity index (χ4n) is 4.38. The van der Waals surface area contributed by atoms with Gasteiger partial charge in [-0.15, -0.1) is 0 Å². The number of nitrogens with zero attached hydrogens (tertiary/aromatic N) is 1. The molecule has 3 N–H and O–H groups in total. The average Bonchev–Trinajstić information content (AvgIpc) is 3.32. The van der Waals surface area contributed by atoms with Crippen molar-refractivity contribution in [2.75, 3.05) is 11.9 Å². The molecule has 7 heteroatoms. The Morgan fingerprint density at radius 2 is 1.69 bits per heavy atom. The fourth-order valence-corrected chi connectivity index (χ4v) is 5.40. The highest BCUT2D eigenvalue weighted by molar-refractivity contribution is 7.19. The molecule has 2 heterocycles. The molecule has 0 radical (unpaired) electrons. The minimum Gasteiger partial charge on any atom is -0.481 e. The number of carbonyl (C=O) groups is 1. The van der Waals surface area contributed by atoms with E-state index in [1.807, 2.05) is 42.6 Å². The van der Waals surface area contributed by atoms with Crippen LogP contribution in [0.15, 0.2) is 79.0 Å². The summed E-state index contributed by atoms with van der Waals surface area (Å²) < 4.78 is 13.3. The smallest absolute Gasteiger partial charge is 0.311 e. The molecule has 5 aromatic rings. The van der Waals surface area contributed by atoms with Crippen molar-refractivity contribution in [3.8, 4) is 32.8 Å². The summed E-state index contributed by atoms with van der Waals surface area (Å²) in [5.41, 5.74) is 5.19. The Kier molecular flexibility index (Phi) is 5.15. The number of anilines is 1. The van der Waals surface area contributed by atoms with Gasteiger partial charge in [-0.05, 0) is 48.2 Å². The third-order valence-electron chi connectivity index (χ3n) is 6.69. The lowest BCUT2D eigenvalue weighted by atomic mass is 10.0. The molecule has 6 rings (SSSR count). The summed E-state index contributed by atoms with van der Waals surface area (Å²) in [6.45, 7) is 0.368. The van der Waals surface area contributed by atoms with Gasteiger partial charge in [0.25, 0.3) is 0 Å². The van der Waals surface area contributed by atoms with Gasteiger partial charge in [0, 0.05) is 34.8 Å². The predicted octanol–water partition coefficient (Wildman–Crippen LogP) is 7.04. The van der Waals surface area contributed by atoms with Gasteiger partial charge in [0.15, 0.2) is 5.13 Å². The summed E-state index contributed by atoms with van der Waals surface area (Å²) in [4.78, 5) is 20.8. The molecule has 0 bridgehead atoms. The normalized spacial score (nSPS) is 14.2. The van der Waals surface area contributed by atoms with E-state index in [4.69, 9.17) is 4.98 Å². The highest BCUT2D eigenvalue weighted by Gasteiger charge is 2.50. The Morgan fingerprint density at radius 1 is 1.00 bits per heavy atom. The summed E-state index contributed by atoms with van der Waals surface area (Å²) in [5.74, 6) is -1.01. The van der Waals surface area contributed by atoms with Gasteiger partial charge in [0.2, 0.25) is 0 Å². The summed E-state index contributed by atoms with van der Waals surface area (Å²) in [6, 6.07) is 22.7. The lowest BCUT2D eigenvalue weighted by Crippen LogP contribution is -2.24. The van der Waals surface area contributed by atoms with Gasteiger partial charge in [-0.3, -0.25) is 4.79 Å². The van der Waals surface area contributed by atoms with Crippen LogP contribution >= 0.6 is 11.3 Å². The second-order valence-corrected chi connectivity index (χ2v) is 9.96. The molecule has 0 spiro atoms. The standard InChI is InChI=1S/C28H22FN3O2S/c29-20-10-8-18(9-11-20)17-4-6-19(7-5-17)24-25(22-2-1-3-23-21(22)12-15-30-23)35-27(32-24)31-16-28(13-14-28)26(33)34/h1-12,15,30H,13-14,16H2,(H,31,32)(H,33,34). The number of halogens is 1.